The summed E-state index contributed by atoms with van der Waals surface area (Å²) in [6, 6.07) is 22.3. The molecule has 2 aromatic carbocycles. The minimum Gasteiger partial charge on any atom is -0.338 e. The maximum Gasteiger partial charge on any atom is 0.223 e. The molecule has 5 nitrogen and oxygen atoms in total. The molecule has 1 aliphatic rings. The molecule has 1 aliphatic heterocycles. The number of carbonyl (C=O) groups excluding carboxylic acids is 1. The summed E-state index contributed by atoms with van der Waals surface area (Å²) in [5, 5.41) is 0. The van der Waals surface area contributed by atoms with E-state index in [0.29, 0.717) is 19.4 Å². The van der Waals surface area contributed by atoms with Crippen LogP contribution in [0, 0.1) is 0 Å². The highest BCUT2D eigenvalue weighted by Gasteiger charge is 2.21. The maximum absolute atomic E-state index is 12.9. The lowest BCUT2D eigenvalue weighted by molar-refractivity contribution is -0.132. The first kappa shape index (κ1) is 17.6. The fourth-order valence-electron chi connectivity index (χ4n) is 4.06. The summed E-state index contributed by atoms with van der Waals surface area (Å²) in [6.45, 7) is 1.48. The normalized spacial score (nSPS) is 13.4. The average Bonchev–Trinajstić information content (AvgIpc) is 3.16. The largest absolute Gasteiger partial charge is 0.338 e. The van der Waals surface area contributed by atoms with Gasteiger partial charge in [-0.25, -0.2) is 9.97 Å². The number of benzene rings is 2. The van der Waals surface area contributed by atoms with Crippen LogP contribution in [0.4, 0.5) is 0 Å². The van der Waals surface area contributed by atoms with Crippen molar-refractivity contribution >= 4 is 17.1 Å². The van der Waals surface area contributed by atoms with Crippen molar-refractivity contribution in [3.05, 3.63) is 89.9 Å². The van der Waals surface area contributed by atoms with Gasteiger partial charge < -0.3 is 4.90 Å². The summed E-state index contributed by atoms with van der Waals surface area (Å²) in [7, 11) is 0. The zero-order valence-corrected chi connectivity index (χ0v) is 16.2. The van der Waals surface area contributed by atoms with Crippen molar-refractivity contribution in [2.24, 2.45) is 0 Å². The van der Waals surface area contributed by atoms with Crippen LogP contribution in [-0.2, 0) is 24.2 Å². The van der Waals surface area contributed by atoms with Crippen LogP contribution in [0.5, 0.6) is 0 Å². The van der Waals surface area contributed by atoms with Gasteiger partial charge in [0.05, 0.1) is 0 Å². The Morgan fingerprint density at radius 1 is 0.931 bits per heavy atom. The van der Waals surface area contributed by atoms with E-state index in [-0.39, 0.29) is 5.91 Å². The highest BCUT2D eigenvalue weighted by atomic mass is 16.2. The predicted molar refractivity (Wildman–Crippen MR) is 113 cm³/mol. The first-order valence-corrected chi connectivity index (χ1v) is 10.0. The zero-order valence-electron chi connectivity index (χ0n) is 16.2. The zero-order chi connectivity index (χ0) is 19.6. The molecule has 144 valence electrons. The first-order chi connectivity index (χ1) is 14.3. The molecule has 4 aromatic rings. The average molecular weight is 382 g/mol. The predicted octanol–water partition coefficient (Wildman–Crippen LogP) is 3.94. The van der Waals surface area contributed by atoms with E-state index in [1.165, 1.54) is 11.1 Å². The van der Waals surface area contributed by atoms with Crippen molar-refractivity contribution in [1.29, 1.82) is 0 Å². The van der Waals surface area contributed by atoms with Crippen LogP contribution in [0.2, 0.25) is 0 Å². The van der Waals surface area contributed by atoms with Crippen LogP contribution in [0.25, 0.3) is 16.9 Å². The number of fused-ring (bicyclic) bond motifs is 2. The fraction of sp³-hybridized carbons (Fsp3) is 0.208. The smallest absolute Gasteiger partial charge is 0.223 e. The van der Waals surface area contributed by atoms with E-state index < -0.39 is 0 Å². The Bertz CT molecular complexity index is 1170. The number of hydrogen-bond donors (Lipinski definition) is 0. The quantitative estimate of drug-likeness (QED) is 0.537. The number of amides is 1. The number of carbonyl (C=O) groups is 1. The highest BCUT2D eigenvalue weighted by Crippen LogP contribution is 2.22. The molecule has 0 saturated heterocycles. The maximum atomic E-state index is 12.9. The number of nitrogens with zero attached hydrogens (tertiary/aromatic N) is 4. The molecule has 0 N–H and O–H groups in total. The van der Waals surface area contributed by atoms with Crippen molar-refractivity contribution in [2.75, 3.05) is 6.54 Å². The molecule has 0 bridgehead atoms. The van der Waals surface area contributed by atoms with Gasteiger partial charge in [0.1, 0.15) is 11.3 Å². The monoisotopic (exact) mass is 382 g/mol. The number of para-hydroxylation sites is 1. The third-order valence-electron chi connectivity index (χ3n) is 5.55. The lowest BCUT2D eigenvalue weighted by Gasteiger charge is -2.29. The second-order valence-corrected chi connectivity index (χ2v) is 7.38. The molecule has 5 rings (SSSR count). The van der Waals surface area contributed by atoms with Gasteiger partial charge in [0.2, 0.25) is 5.91 Å². The Kier molecular flexibility index (Phi) is 4.56. The van der Waals surface area contributed by atoms with E-state index in [1.54, 1.807) is 6.20 Å². The van der Waals surface area contributed by atoms with E-state index in [2.05, 4.69) is 27.8 Å². The summed E-state index contributed by atoms with van der Waals surface area (Å²) < 4.78 is 2.06. The molecule has 0 unspecified atom stereocenters. The van der Waals surface area contributed by atoms with Gasteiger partial charge in [-0.3, -0.25) is 9.36 Å². The van der Waals surface area contributed by atoms with Gasteiger partial charge in [-0.2, -0.15) is 0 Å². The van der Waals surface area contributed by atoms with Crippen LogP contribution < -0.4 is 0 Å². The third kappa shape index (κ3) is 3.40. The Morgan fingerprint density at radius 2 is 1.72 bits per heavy atom. The van der Waals surface area contributed by atoms with Crippen LogP contribution in [0.3, 0.4) is 0 Å². The van der Waals surface area contributed by atoms with Gasteiger partial charge in [0, 0.05) is 37.8 Å². The third-order valence-corrected chi connectivity index (χ3v) is 5.55. The van der Waals surface area contributed by atoms with E-state index >= 15 is 0 Å². The molecule has 29 heavy (non-hydrogen) atoms. The lowest BCUT2D eigenvalue weighted by Crippen LogP contribution is -2.36. The number of aryl methyl sites for hydroxylation is 1. The number of rotatable bonds is 4. The van der Waals surface area contributed by atoms with Crippen molar-refractivity contribution in [3.8, 4) is 5.69 Å². The van der Waals surface area contributed by atoms with Gasteiger partial charge in [0.15, 0.2) is 5.65 Å². The molecule has 0 spiro atoms. The van der Waals surface area contributed by atoms with Crippen molar-refractivity contribution in [3.63, 3.8) is 0 Å². The molecule has 0 saturated carbocycles. The molecule has 2 aromatic heterocycles. The molecular formula is C24H22N4O. The SMILES string of the molecule is O=C(CCc1nc2cccnc2n1-c1ccccc1)N1CCc2ccccc2C1. The Labute approximate surface area is 169 Å². The number of pyridine rings is 1. The first-order valence-electron chi connectivity index (χ1n) is 10.0. The second kappa shape index (κ2) is 7.51. The summed E-state index contributed by atoms with van der Waals surface area (Å²) in [4.78, 5) is 24.2. The number of imidazole rings is 1. The number of hydrogen-bond acceptors (Lipinski definition) is 3. The summed E-state index contributed by atoms with van der Waals surface area (Å²) in [6.07, 6.45) is 3.73. The molecule has 0 fully saturated rings. The molecule has 0 radical (unpaired) electrons. The van der Waals surface area contributed by atoms with Gasteiger partial charge in [0.25, 0.3) is 0 Å². The Balaban J connectivity index is 1.38. The summed E-state index contributed by atoms with van der Waals surface area (Å²) >= 11 is 0. The van der Waals surface area contributed by atoms with Crippen LogP contribution in [-0.4, -0.2) is 31.9 Å². The van der Waals surface area contributed by atoms with Gasteiger partial charge >= 0.3 is 0 Å². The molecule has 3 heterocycles. The van der Waals surface area contributed by atoms with E-state index in [0.717, 1.165) is 35.6 Å². The number of aromatic nitrogens is 3. The molecule has 1 amide bonds. The lowest BCUT2D eigenvalue weighted by atomic mass is 9.99. The van der Waals surface area contributed by atoms with E-state index in [4.69, 9.17) is 4.98 Å². The van der Waals surface area contributed by atoms with E-state index in [9.17, 15) is 4.79 Å². The van der Waals surface area contributed by atoms with Crippen LogP contribution >= 0.6 is 0 Å². The van der Waals surface area contributed by atoms with Gasteiger partial charge in [-0.05, 0) is 41.8 Å². The van der Waals surface area contributed by atoms with Crippen LogP contribution in [0.1, 0.15) is 23.4 Å². The molecular weight excluding hydrogens is 360 g/mol. The minimum atomic E-state index is 0.180. The second-order valence-electron chi connectivity index (χ2n) is 7.38. The van der Waals surface area contributed by atoms with Gasteiger partial charge in [-0.15, -0.1) is 0 Å². The summed E-state index contributed by atoms with van der Waals surface area (Å²) in [5.74, 6) is 1.05. The van der Waals surface area contributed by atoms with Gasteiger partial charge in [-0.1, -0.05) is 42.5 Å². The minimum absolute atomic E-state index is 0.180. The molecule has 5 heteroatoms. The van der Waals surface area contributed by atoms with E-state index in [1.807, 2.05) is 53.4 Å². The van der Waals surface area contributed by atoms with Crippen molar-refractivity contribution in [1.82, 2.24) is 19.4 Å². The van der Waals surface area contributed by atoms with Crippen molar-refractivity contribution in [2.45, 2.75) is 25.8 Å². The Morgan fingerprint density at radius 3 is 2.59 bits per heavy atom. The summed E-state index contributed by atoms with van der Waals surface area (Å²) in [5.41, 5.74) is 5.31. The topological polar surface area (TPSA) is 51.0 Å². The molecule has 0 atom stereocenters. The van der Waals surface area contributed by atoms with Crippen molar-refractivity contribution < 1.29 is 4.79 Å². The fourth-order valence-corrected chi connectivity index (χ4v) is 4.06. The van der Waals surface area contributed by atoms with Crippen LogP contribution in [0.15, 0.2) is 72.9 Å². The Hall–Kier alpha value is -3.47. The molecule has 0 aliphatic carbocycles. The highest BCUT2D eigenvalue weighted by molar-refractivity contribution is 5.77. The standard InChI is InChI=1S/C24H22N4O/c29-23(27-16-14-18-7-4-5-8-19(18)17-27)13-12-22-26-21-11-6-15-25-24(21)28(22)20-9-2-1-3-10-20/h1-11,15H,12-14,16-17H2.